The molecule has 0 spiro atoms. The van der Waals surface area contributed by atoms with Crippen LogP contribution in [0.4, 0.5) is 0 Å². The minimum atomic E-state index is 0. The molecule has 0 aliphatic heterocycles. The van der Waals surface area contributed by atoms with Gasteiger partial charge in [0.05, 0.1) is 7.11 Å². The third-order valence-corrected chi connectivity index (χ3v) is 2.09. The number of methoxy groups -OCH3 is 1. The first-order chi connectivity index (χ1) is 6.38. The molecule has 80 valence electrons. The Labute approximate surface area is 91.9 Å². The Morgan fingerprint density at radius 1 is 1.21 bits per heavy atom. The van der Waals surface area contributed by atoms with Crippen LogP contribution in [0.3, 0.4) is 0 Å². The molecule has 0 aliphatic carbocycles. The number of para-hydroxylation sites is 1. The number of rotatable bonds is 5. The predicted octanol–water partition coefficient (Wildman–Crippen LogP) is 2.40. The highest BCUT2D eigenvalue weighted by Gasteiger charge is 1.99. The van der Waals surface area contributed by atoms with Gasteiger partial charge in [-0.25, -0.2) is 0 Å². The normalized spacial score (nSPS) is 9.29. The molecule has 0 aromatic heterocycles. The zero-order valence-electron chi connectivity index (χ0n) is 8.53. The second kappa shape index (κ2) is 7.65. The molecule has 0 unspecified atom stereocenters. The SMILES string of the molecule is COc1ccccc1CCCCN.Cl. The molecule has 0 atom stereocenters. The minimum absolute atomic E-state index is 0. The molecule has 1 aromatic carbocycles. The van der Waals surface area contributed by atoms with Crippen LogP contribution in [0.5, 0.6) is 5.75 Å². The molecule has 1 aromatic rings. The van der Waals surface area contributed by atoms with E-state index in [4.69, 9.17) is 10.5 Å². The highest BCUT2D eigenvalue weighted by molar-refractivity contribution is 5.85. The van der Waals surface area contributed by atoms with Gasteiger partial charge in [0.2, 0.25) is 0 Å². The van der Waals surface area contributed by atoms with E-state index in [9.17, 15) is 0 Å². The average Bonchev–Trinajstić information content (AvgIpc) is 2.19. The van der Waals surface area contributed by atoms with Gasteiger partial charge < -0.3 is 10.5 Å². The van der Waals surface area contributed by atoms with Crippen LogP contribution in [0.15, 0.2) is 24.3 Å². The summed E-state index contributed by atoms with van der Waals surface area (Å²) >= 11 is 0. The standard InChI is InChI=1S/C11H17NO.ClH/c1-13-11-8-3-2-6-10(11)7-4-5-9-12;/h2-3,6,8H,4-5,7,9,12H2,1H3;1H. The zero-order chi connectivity index (χ0) is 9.52. The zero-order valence-corrected chi connectivity index (χ0v) is 9.35. The second-order valence-corrected chi connectivity index (χ2v) is 3.06. The Balaban J connectivity index is 0.00000169. The van der Waals surface area contributed by atoms with E-state index < -0.39 is 0 Å². The molecule has 0 aliphatic rings. The molecule has 1 rings (SSSR count). The number of halogens is 1. The molecular weight excluding hydrogens is 198 g/mol. The van der Waals surface area contributed by atoms with E-state index in [0.717, 1.165) is 31.6 Å². The number of ether oxygens (including phenoxy) is 1. The summed E-state index contributed by atoms with van der Waals surface area (Å²) in [5.74, 6) is 0.986. The van der Waals surface area contributed by atoms with Crippen molar-refractivity contribution in [3.05, 3.63) is 29.8 Å². The summed E-state index contributed by atoms with van der Waals surface area (Å²) in [6.07, 6.45) is 3.27. The van der Waals surface area contributed by atoms with E-state index in [1.54, 1.807) is 7.11 Å². The lowest BCUT2D eigenvalue weighted by Crippen LogP contribution is -1.99. The van der Waals surface area contributed by atoms with Crippen LogP contribution in [-0.4, -0.2) is 13.7 Å². The molecular formula is C11H18ClNO. The molecule has 2 nitrogen and oxygen atoms in total. The summed E-state index contributed by atoms with van der Waals surface area (Å²) in [4.78, 5) is 0. The summed E-state index contributed by atoms with van der Waals surface area (Å²) in [7, 11) is 1.71. The summed E-state index contributed by atoms with van der Waals surface area (Å²) in [6, 6.07) is 8.14. The third kappa shape index (κ3) is 3.99. The Morgan fingerprint density at radius 3 is 2.57 bits per heavy atom. The van der Waals surface area contributed by atoms with Gasteiger partial charge in [-0.1, -0.05) is 18.2 Å². The maximum absolute atomic E-state index is 5.43. The Morgan fingerprint density at radius 2 is 1.93 bits per heavy atom. The first kappa shape index (κ1) is 13.3. The minimum Gasteiger partial charge on any atom is -0.496 e. The molecule has 14 heavy (non-hydrogen) atoms. The van der Waals surface area contributed by atoms with Crippen LogP contribution in [0.25, 0.3) is 0 Å². The summed E-state index contributed by atoms with van der Waals surface area (Å²) in [6.45, 7) is 0.773. The molecule has 3 heteroatoms. The Kier molecular flexibility index (Phi) is 7.25. The van der Waals surface area contributed by atoms with Crippen LogP contribution in [-0.2, 0) is 6.42 Å². The van der Waals surface area contributed by atoms with Gasteiger partial charge in [0.1, 0.15) is 5.75 Å². The number of hydrogen-bond acceptors (Lipinski definition) is 2. The quantitative estimate of drug-likeness (QED) is 0.766. The Bertz CT molecular complexity index is 253. The molecule has 0 fully saturated rings. The van der Waals surface area contributed by atoms with E-state index in [0.29, 0.717) is 0 Å². The molecule has 0 radical (unpaired) electrons. The summed E-state index contributed by atoms with van der Waals surface area (Å²) < 4.78 is 5.24. The maximum atomic E-state index is 5.43. The van der Waals surface area contributed by atoms with E-state index >= 15 is 0 Å². The highest BCUT2D eigenvalue weighted by Crippen LogP contribution is 2.18. The fourth-order valence-corrected chi connectivity index (χ4v) is 1.37. The highest BCUT2D eigenvalue weighted by atomic mass is 35.5. The van der Waals surface area contributed by atoms with E-state index in [2.05, 4.69) is 6.07 Å². The number of benzene rings is 1. The fraction of sp³-hybridized carbons (Fsp3) is 0.455. The van der Waals surface area contributed by atoms with Gasteiger partial charge in [0, 0.05) is 0 Å². The van der Waals surface area contributed by atoms with Crippen molar-refractivity contribution < 1.29 is 4.74 Å². The largest absolute Gasteiger partial charge is 0.496 e. The van der Waals surface area contributed by atoms with Gasteiger partial charge in [-0.15, -0.1) is 12.4 Å². The smallest absolute Gasteiger partial charge is 0.122 e. The van der Waals surface area contributed by atoms with Gasteiger partial charge in [0.15, 0.2) is 0 Å². The number of unbranched alkanes of at least 4 members (excludes halogenated alkanes) is 1. The monoisotopic (exact) mass is 215 g/mol. The van der Waals surface area contributed by atoms with Gasteiger partial charge in [0.25, 0.3) is 0 Å². The van der Waals surface area contributed by atoms with Crippen molar-refractivity contribution in [1.29, 1.82) is 0 Å². The van der Waals surface area contributed by atoms with Crippen molar-refractivity contribution in [2.75, 3.05) is 13.7 Å². The van der Waals surface area contributed by atoms with Crippen LogP contribution < -0.4 is 10.5 Å². The van der Waals surface area contributed by atoms with E-state index in [-0.39, 0.29) is 12.4 Å². The molecule has 0 heterocycles. The molecule has 0 saturated heterocycles. The Hall–Kier alpha value is -0.730. The maximum Gasteiger partial charge on any atom is 0.122 e. The van der Waals surface area contributed by atoms with Crippen LogP contribution in [0.2, 0.25) is 0 Å². The lowest BCUT2D eigenvalue weighted by atomic mass is 10.1. The molecule has 2 N–H and O–H groups in total. The predicted molar refractivity (Wildman–Crippen MR) is 62.2 cm³/mol. The van der Waals surface area contributed by atoms with Gasteiger partial charge >= 0.3 is 0 Å². The number of hydrogen-bond donors (Lipinski definition) is 1. The number of aryl methyl sites for hydroxylation is 1. The van der Waals surface area contributed by atoms with Crippen LogP contribution >= 0.6 is 12.4 Å². The first-order valence-electron chi connectivity index (χ1n) is 4.70. The van der Waals surface area contributed by atoms with Gasteiger partial charge in [-0.05, 0) is 37.4 Å². The van der Waals surface area contributed by atoms with Crippen LogP contribution in [0.1, 0.15) is 18.4 Å². The molecule has 0 saturated carbocycles. The molecule has 0 bridgehead atoms. The third-order valence-electron chi connectivity index (χ3n) is 2.09. The lowest BCUT2D eigenvalue weighted by molar-refractivity contribution is 0.409. The van der Waals surface area contributed by atoms with Crippen molar-refractivity contribution in [3.8, 4) is 5.75 Å². The topological polar surface area (TPSA) is 35.2 Å². The van der Waals surface area contributed by atoms with Crippen molar-refractivity contribution in [3.63, 3.8) is 0 Å². The van der Waals surface area contributed by atoms with Crippen molar-refractivity contribution in [2.24, 2.45) is 5.73 Å². The van der Waals surface area contributed by atoms with Gasteiger partial charge in [-0.3, -0.25) is 0 Å². The summed E-state index contributed by atoms with van der Waals surface area (Å²) in [5.41, 5.74) is 6.71. The lowest BCUT2D eigenvalue weighted by Gasteiger charge is -2.06. The van der Waals surface area contributed by atoms with Crippen molar-refractivity contribution >= 4 is 12.4 Å². The van der Waals surface area contributed by atoms with E-state index in [1.165, 1.54) is 5.56 Å². The van der Waals surface area contributed by atoms with Crippen molar-refractivity contribution in [1.82, 2.24) is 0 Å². The van der Waals surface area contributed by atoms with Crippen molar-refractivity contribution in [2.45, 2.75) is 19.3 Å². The second-order valence-electron chi connectivity index (χ2n) is 3.06. The van der Waals surface area contributed by atoms with Crippen LogP contribution in [0, 0.1) is 0 Å². The summed E-state index contributed by atoms with van der Waals surface area (Å²) in [5, 5.41) is 0. The fourth-order valence-electron chi connectivity index (χ4n) is 1.37. The first-order valence-corrected chi connectivity index (χ1v) is 4.70. The average molecular weight is 216 g/mol. The van der Waals surface area contributed by atoms with E-state index in [1.807, 2.05) is 18.2 Å². The molecule has 0 amide bonds. The van der Waals surface area contributed by atoms with Gasteiger partial charge in [-0.2, -0.15) is 0 Å². The number of nitrogens with two attached hydrogens (primary N) is 1.